The van der Waals surface area contributed by atoms with Gasteiger partial charge in [-0.15, -0.1) is 10.2 Å². The van der Waals surface area contributed by atoms with Crippen LogP contribution >= 0.6 is 27.7 Å². The summed E-state index contributed by atoms with van der Waals surface area (Å²) >= 11 is 4.93. The molecule has 0 saturated carbocycles. The molecule has 0 spiro atoms. The van der Waals surface area contributed by atoms with Crippen LogP contribution in [-0.4, -0.2) is 19.7 Å². The molecule has 0 atom stereocenters. The Morgan fingerprint density at radius 2 is 2.14 bits per heavy atom. The van der Waals surface area contributed by atoms with Crippen LogP contribution in [0.4, 0.5) is 4.39 Å². The summed E-state index contributed by atoms with van der Waals surface area (Å²) in [7, 11) is 1.92. The molecule has 3 aromatic rings. The minimum atomic E-state index is -0.252. The monoisotopic (exact) mass is 378 g/mol. The fraction of sp³-hybridized carbons (Fsp3) is 0.133. The maximum atomic E-state index is 13.1. The predicted octanol–water partition coefficient (Wildman–Crippen LogP) is 4.07. The molecule has 112 valence electrons. The first-order chi connectivity index (χ1) is 10.6. The van der Waals surface area contributed by atoms with E-state index in [1.807, 2.05) is 23.7 Å². The van der Waals surface area contributed by atoms with E-state index in [1.165, 1.54) is 12.1 Å². The Bertz CT molecular complexity index is 791. The minimum Gasteiger partial charge on any atom is -0.305 e. The molecule has 3 rings (SSSR count). The number of pyridine rings is 1. The number of nitrogens with zero attached hydrogens (tertiary/aromatic N) is 4. The molecule has 2 aromatic heterocycles. The summed E-state index contributed by atoms with van der Waals surface area (Å²) in [6.07, 6.45) is 3.48. The van der Waals surface area contributed by atoms with E-state index in [-0.39, 0.29) is 5.82 Å². The number of hydrogen-bond acceptors (Lipinski definition) is 4. The van der Waals surface area contributed by atoms with Gasteiger partial charge in [0, 0.05) is 35.2 Å². The lowest BCUT2D eigenvalue weighted by molar-refractivity contribution is 0.626. The van der Waals surface area contributed by atoms with Crippen LogP contribution in [-0.2, 0) is 12.8 Å². The van der Waals surface area contributed by atoms with Gasteiger partial charge in [-0.05, 0) is 29.8 Å². The molecule has 0 amide bonds. The van der Waals surface area contributed by atoms with Gasteiger partial charge in [0.1, 0.15) is 5.82 Å². The van der Waals surface area contributed by atoms with Crippen LogP contribution in [0, 0.1) is 5.82 Å². The Morgan fingerprint density at radius 3 is 2.86 bits per heavy atom. The summed E-state index contributed by atoms with van der Waals surface area (Å²) in [6, 6.07) is 8.51. The molecule has 0 saturated heterocycles. The zero-order valence-electron chi connectivity index (χ0n) is 11.7. The average Bonchev–Trinajstić information content (AvgIpc) is 2.88. The van der Waals surface area contributed by atoms with Crippen LogP contribution in [0.2, 0.25) is 0 Å². The van der Waals surface area contributed by atoms with Gasteiger partial charge in [0.25, 0.3) is 0 Å². The first kappa shape index (κ1) is 15.2. The lowest BCUT2D eigenvalue weighted by atomic mass is 10.2. The minimum absolute atomic E-state index is 0.252. The predicted molar refractivity (Wildman–Crippen MR) is 87.9 cm³/mol. The first-order valence-corrected chi connectivity index (χ1v) is 8.29. The van der Waals surface area contributed by atoms with E-state index in [0.717, 1.165) is 26.6 Å². The standard InChI is InChI=1S/C15H12BrFN4S/c1-21-14(10-3-2-6-18-8-10)19-20-15(21)22-9-11-4-5-12(17)7-13(11)16/h2-8H,9H2,1H3. The fourth-order valence-electron chi connectivity index (χ4n) is 1.97. The number of thioether (sulfide) groups is 1. The van der Waals surface area contributed by atoms with Crippen molar-refractivity contribution < 1.29 is 4.39 Å². The zero-order chi connectivity index (χ0) is 15.5. The molecule has 22 heavy (non-hydrogen) atoms. The van der Waals surface area contributed by atoms with Crippen molar-refractivity contribution in [2.24, 2.45) is 7.05 Å². The van der Waals surface area contributed by atoms with Crippen LogP contribution in [0.1, 0.15) is 5.56 Å². The van der Waals surface area contributed by atoms with Crippen molar-refractivity contribution in [3.05, 3.63) is 58.6 Å². The summed E-state index contributed by atoms with van der Waals surface area (Å²) in [5.74, 6) is 1.20. The highest BCUT2D eigenvalue weighted by molar-refractivity contribution is 9.10. The Hall–Kier alpha value is -1.73. The third kappa shape index (κ3) is 3.20. The summed E-state index contributed by atoms with van der Waals surface area (Å²) in [5, 5.41) is 9.23. The molecule has 0 radical (unpaired) electrons. The Balaban J connectivity index is 1.78. The third-order valence-corrected chi connectivity index (χ3v) is 4.93. The summed E-state index contributed by atoms with van der Waals surface area (Å²) in [6.45, 7) is 0. The second-order valence-electron chi connectivity index (χ2n) is 4.63. The summed E-state index contributed by atoms with van der Waals surface area (Å²) < 4.78 is 15.8. The van der Waals surface area contributed by atoms with Crippen LogP contribution < -0.4 is 0 Å². The van der Waals surface area contributed by atoms with Crippen molar-refractivity contribution in [3.63, 3.8) is 0 Å². The van der Waals surface area contributed by atoms with Crippen LogP contribution in [0.5, 0.6) is 0 Å². The van der Waals surface area contributed by atoms with Gasteiger partial charge in [0.15, 0.2) is 11.0 Å². The lowest BCUT2D eigenvalue weighted by Gasteiger charge is -2.05. The molecule has 0 bridgehead atoms. The molecule has 0 fully saturated rings. The normalized spacial score (nSPS) is 10.9. The smallest absolute Gasteiger partial charge is 0.191 e. The highest BCUT2D eigenvalue weighted by Crippen LogP contribution is 2.28. The number of aromatic nitrogens is 4. The molecule has 0 aliphatic heterocycles. The van der Waals surface area contributed by atoms with E-state index >= 15 is 0 Å². The lowest BCUT2D eigenvalue weighted by Crippen LogP contribution is -1.95. The molecular formula is C15H12BrFN4S. The van der Waals surface area contributed by atoms with Crippen LogP contribution in [0.15, 0.2) is 52.4 Å². The van der Waals surface area contributed by atoms with Gasteiger partial charge >= 0.3 is 0 Å². The highest BCUT2D eigenvalue weighted by atomic mass is 79.9. The summed E-state index contributed by atoms with van der Waals surface area (Å²) in [5.41, 5.74) is 1.93. The Morgan fingerprint density at radius 1 is 1.27 bits per heavy atom. The molecule has 0 aliphatic rings. The van der Waals surface area contributed by atoms with Crippen molar-refractivity contribution in [2.45, 2.75) is 10.9 Å². The van der Waals surface area contributed by atoms with E-state index in [9.17, 15) is 4.39 Å². The number of rotatable bonds is 4. The van der Waals surface area contributed by atoms with Crippen molar-refractivity contribution in [2.75, 3.05) is 0 Å². The van der Waals surface area contributed by atoms with Crippen molar-refractivity contribution in [3.8, 4) is 11.4 Å². The molecule has 7 heteroatoms. The SMILES string of the molecule is Cn1c(SCc2ccc(F)cc2Br)nnc1-c1cccnc1. The van der Waals surface area contributed by atoms with Gasteiger partial charge in [-0.3, -0.25) is 4.98 Å². The zero-order valence-corrected chi connectivity index (χ0v) is 14.1. The highest BCUT2D eigenvalue weighted by Gasteiger charge is 2.12. The van der Waals surface area contributed by atoms with Gasteiger partial charge in [-0.2, -0.15) is 0 Å². The van der Waals surface area contributed by atoms with Gasteiger partial charge < -0.3 is 4.57 Å². The van der Waals surface area contributed by atoms with E-state index in [0.29, 0.717) is 5.75 Å². The summed E-state index contributed by atoms with van der Waals surface area (Å²) in [4.78, 5) is 4.10. The first-order valence-electron chi connectivity index (χ1n) is 6.51. The van der Waals surface area contributed by atoms with E-state index < -0.39 is 0 Å². The maximum absolute atomic E-state index is 13.1. The molecule has 4 nitrogen and oxygen atoms in total. The van der Waals surface area contributed by atoms with Crippen LogP contribution in [0.25, 0.3) is 11.4 Å². The van der Waals surface area contributed by atoms with E-state index in [1.54, 1.807) is 30.2 Å². The Labute approximate surface area is 139 Å². The van der Waals surface area contributed by atoms with Gasteiger partial charge in [-0.1, -0.05) is 33.8 Å². The van der Waals surface area contributed by atoms with Crippen LogP contribution in [0.3, 0.4) is 0 Å². The second kappa shape index (κ2) is 6.58. The van der Waals surface area contributed by atoms with Crippen molar-refractivity contribution >= 4 is 27.7 Å². The number of halogens is 2. The topological polar surface area (TPSA) is 43.6 Å². The number of hydrogen-bond donors (Lipinski definition) is 0. The van der Waals surface area contributed by atoms with E-state index in [2.05, 4.69) is 31.1 Å². The number of benzene rings is 1. The molecule has 1 aromatic carbocycles. The quantitative estimate of drug-likeness (QED) is 0.641. The molecule has 0 unspecified atom stereocenters. The second-order valence-corrected chi connectivity index (χ2v) is 6.43. The van der Waals surface area contributed by atoms with Crippen molar-refractivity contribution in [1.29, 1.82) is 0 Å². The molecule has 0 aliphatic carbocycles. The molecular weight excluding hydrogens is 367 g/mol. The van der Waals surface area contributed by atoms with Crippen molar-refractivity contribution in [1.82, 2.24) is 19.7 Å². The van der Waals surface area contributed by atoms with Gasteiger partial charge in [0.2, 0.25) is 0 Å². The van der Waals surface area contributed by atoms with Gasteiger partial charge in [-0.25, -0.2) is 4.39 Å². The largest absolute Gasteiger partial charge is 0.305 e. The van der Waals surface area contributed by atoms with E-state index in [4.69, 9.17) is 0 Å². The average molecular weight is 379 g/mol. The third-order valence-electron chi connectivity index (χ3n) is 3.13. The maximum Gasteiger partial charge on any atom is 0.191 e. The Kier molecular flexibility index (Phi) is 4.54. The van der Waals surface area contributed by atoms with Gasteiger partial charge in [0.05, 0.1) is 0 Å². The molecule has 2 heterocycles. The molecule has 0 N–H and O–H groups in total. The fourth-order valence-corrected chi connectivity index (χ4v) is 3.56.